The lowest BCUT2D eigenvalue weighted by Gasteiger charge is -2.32. The Balaban J connectivity index is 1.98. The predicted molar refractivity (Wildman–Crippen MR) is 85.6 cm³/mol. The Morgan fingerprint density at radius 1 is 1.32 bits per heavy atom. The number of anilines is 1. The van der Waals surface area contributed by atoms with Crippen LogP contribution in [0.5, 0.6) is 5.88 Å². The van der Waals surface area contributed by atoms with Gasteiger partial charge in [0.15, 0.2) is 0 Å². The number of carbonyl (C=O) groups is 1. The largest absolute Gasteiger partial charge is 0.481 e. The van der Waals surface area contributed by atoms with Gasteiger partial charge in [0.1, 0.15) is 0 Å². The fourth-order valence-corrected chi connectivity index (χ4v) is 3.15. The number of benzene rings is 1. The highest BCUT2D eigenvalue weighted by Gasteiger charge is 2.25. The number of carboxylic acid groups (broad SMARTS) is 1. The summed E-state index contributed by atoms with van der Waals surface area (Å²) in [7, 11) is 1.63. The smallest absolute Gasteiger partial charge is 0.306 e. The normalized spacial score (nSPS) is 16.0. The van der Waals surface area contributed by atoms with Crippen LogP contribution in [0.15, 0.2) is 24.3 Å². The molecule has 0 saturated carbocycles. The molecule has 1 aliphatic heterocycles. The van der Waals surface area contributed by atoms with Gasteiger partial charge in [-0.05, 0) is 38.0 Å². The summed E-state index contributed by atoms with van der Waals surface area (Å²) < 4.78 is 5.39. The molecule has 3 rings (SSSR count). The summed E-state index contributed by atoms with van der Waals surface area (Å²) in [5.41, 5.74) is 2.04. The first-order chi connectivity index (χ1) is 10.6. The number of aryl methyl sites for hydroxylation is 1. The van der Waals surface area contributed by atoms with Crippen LogP contribution in [0.1, 0.15) is 18.5 Å². The lowest BCUT2D eigenvalue weighted by Crippen LogP contribution is -2.36. The number of nitrogens with zero attached hydrogens (tertiary/aromatic N) is 2. The first kappa shape index (κ1) is 14.6. The van der Waals surface area contributed by atoms with Crippen LogP contribution >= 0.6 is 0 Å². The van der Waals surface area contributed by atoms with Crippen molar-refractivity contribution in [2.45, 2.75) is 19.8 Å². The number of aromatic nitrogens is 1. The summed E-state index contributed by atoms with van der Waals surface area (Å²) in [6, 6.07) is 8.16. The number of ether oxygens (including phenoxy) is 1. The zero-order valence-electron chi connectivity index (χ0n) is 12.9. The molecule has 0 spiro atoms. The van der Waals surface area contributed by atoms with Crippen LogP contribution in [-0.2, 0) is 4.79 Å². The lowest BCUT2D eigenvalue weighted by molar-refractivity contribution is -0.142. The number of hydrogen-bond acceptors (Lipinski definition) is 4. The number of fused-ring (bicyclic) bond motifs is 1. The molecular formula is C17H20N2O3. The number of hydrogen-bond donors (Lipinski definition) is 1. The summed E-state index contributed by atoms with van der Waals surface area (Å²) in [4.78, 5) is 17.8. The highest BCUT2D eigenvalue weighted by molar-refractivity contribution is 5.97. The zero-order chi connectivity index (χ0) is 15.7. The molecule has 1 aromatic carbocycles. The number of methoxy groups -OCH3 is 1. The van der Waals surface area contributed by atoms with E-state index in [2.05, 4.69) is 22.0 Å². The SMILES string of the molecule is COc1nc(C)cc2c(N3CCC(C(=O)O)CC3)cccc12. The van der Waals surface area contributed by atoms with E-state index in [4.69, 9.17) is 9.84 Å². The molecule has 1 aliphatic rings. The second-order valence-electron chi connectivity index (χ2n) is 5.74. The maximum Gasteiger partial charge on any atom is 0.306 e. The molecule has 22 heavy (non-hydrogen) atoms. The average Bonchev–Trinajstić information content (AvgIpc) is 2.53. The van der Waals surface area contributed by atoms with Crippen molar-refractivity contribution in [1.82, 2.24) is 4.98 Å². The van der Waals surface area contributed by atoms with Crippen molar-refractivity contribution in [3.8, 4) is 5.88 Å². The molecule has 1 fully saturated rings. The van der Waals surface area contributed by atoms with E-state index < -0.39 is 5.97 Å². The highest BCUT2D eigenvalue weighted by atomic mass is 16.5. The van der Waals surface area contributed by atoms with Gasteiger partial charge in [-0.15, -0.1) is 0 Å². The Hall–Kier alpha value is -2.30. The summed E-state index contributed by atoms with van der Waals surface area (Å²) in [6.07, 6.45) is 1.37. The summed E-state index contributed by atoms with van der Waals surface area (Å²) in [5, 5.41) is 11.2. The maximum atomic E-state index is 11.1. The number of rotatable bonds is 3. The Kier molecular flexibility index (Phi) is 3.88. The van der Waals surface area contributed by atoms with E-state index in [0.29, 0.717) is 18.7 Å². The highest BCUT2D eigenvalue weighted by Crippen LogP contribution is 2.34. The van der Waals surface area contributed by atoms with Crippen LogP contribution in [0.25, 0.3) is 10.8 Å². The third kappa shape index (κ3) is 2.58. The van der Waals surface area contributed by atoms with Crippen LogP contribution < -0.4 is 9.64 Å². The van der Waals surface area contributed by atoms with Gasteiger partial charge < -0.3 is 14.7 Å². The minimum atomic E-state index is -0.681. The van der Waals surface area contributed by atoms with Crippen molar-refractivity contribution in [3.63, 3.8) is 0 Å². The first-order valence-corrected chi connectivity index (χ1v) is 7.52. The molecule has 1 saturated heterocycles. The molecule has 2 heterocycles. The van der Waals surface area contributed by atoms with Crippen LogP contribution in [0, 0.1) is 12.8 Å². The summed E-state index contributed by atoms with van der Waals surface area (Å²) >= 11 is 0. The van der Waals surface area contributed by atoms with Crippen molar-refractivity contribution < 1.29 is 14.6 Å². The predicted octanol–water partition coefficient (Wildman–Crippen LogP) is 2.85. The number of pyridine rings is 1. The molecular weight excluding hydrogens is 280 g/mol. The van der Waals surface area contributed by atoms with Crippen LogP contribution in [0.2, 0.25) is 0 Å². The van der Waals surface area contributed by atoms with Gasteiger partial charge in [-0.25, -0.2) is 4.98 Å². The van der Waals surface area contributed by atoms with E-state index in [1.165, 1.54) is 0 Å². The van der Waals surface area contributed by atoms with E-state index >= 15 is 0 Å². The van der Waals surface area contributed by atoms with E-state index in [1.807, 2.05) is 19.1 Å². The molecule has 5 nitrogen and oxygen atoms in total. The molecule has 5 heteroatoms. The van der Waals surface area contributed by atoms with Gasteiger partial charge in [-0.1, -0.05) is 6.07 Å². The fourth-order valence-electron chi connectivity index (χ4n) is 3.15. The number of aliphatic carboxylic acids is 1. The molecule has 2 aromatic rings. The average molecular weight is 300 g/mol. The fraction of sp³-hybridized carbons (Fsp3) is 0.412. The Morgan fingerprint density at radius 3 is 2.68 bits per heavy atom. The van der Waals surface area contributed by atoms with Crippen LogP contribution in [0.3, 0.4) is 0 Å². The minimum Gasteiger partial charge on any atom is -0.481 e. The maximum absolute atomic E-state index is 11.1. The summed E-state index contributed by atoms with van der Waals surface area (Å²) in [5.74, 6) is -0.263. The first-order valence-electron chi connectivity index (χ1n) is 7.52. The Labute approximate surface area is 129 Å². The van der Waals surface area contributed by atoms with Gasteiger partial charge in [-0.2, -0.15) is 0 Å². The third-order valence-corrected chi connectivity index (χ3v) is 4.32. The van der Waals surface area contributed by atoms with Gasteiger partial charge in [0.25, 0.3) is 0 Å². The monoisotopic (exact) mass is 300 g/mol. The minimum absolute atomic E-state index is 0.218. The quantitative estimate of drug-likeness (QED) is 0.944. The van der Waals surface area contributed by atoms with Gasteiger partial charge in [0, 0.05) is 35.2 Å². The van der Waals surface area contributed by atoms with E-state index in [1.54, 1.807) is 7.11 Å². The standard InChI is InChI=1S/C17H20N2O3/c1-11-10-14-13(16(18-11)22-2)4-3-5-15(14)19-8-6-12(7-9-19)17(20)21/h3-5,10,12H,6-9H2,1-2H3,(H,20,21). The number of piperidine rings is 1. The van der Waals surface area contributed by atoms with Crippen molar-refractivity contribution in [1.29, 1.82) is 0 Å². The molecule has 0 atom stereocenters. The van der Waals surface area contributed by atoms with Gasteiger partial charge in [0.2, 0.25) is 5.88 Å². The Bertz CT molecular complexity index is 706. The van der Waals surface area contributed by atoms with E-state index in [-0.39, 0.29) is 5.92 Å². The second-order valence-corrected chi connectivity index (χ2v) is 5.74. The van der Waals surface area contributed by atoms with Gasteiger partial charge in [0.05, 0.1) is 13.0 Å². The molecule has 0 aliphatic carbocycles. The molecule has 0 amide bonds. The molecule has 116 valence electrons. The zero-order valence-corrected chi connectivity index (χ0v) is 12.9. The second kappa shape index (κ2) is 5.83. The molecule has 0 unspecified atom stereocenters. The van der Waals surface area contributed by atoms with Crippen molar-refractivity contribution in [3.05, 3.63) is 30.0 Å². The van der Waals surface area contributed by atoms with Gasteiger partial charge >= 0.3 is 5.97 Å². The summed E-state index contributed by atoms with van der Waals surface area (Å²) in [6.45, 7) is 3.48. The van der Waals surface area contributed by atoms with Crippen molar-refractivity contribution >= 4 is 22.4 Å². The lowest BCUT2D eigenvalue weighted by atomic mass is 9.96. The van der Waals surface area contributed by atoms with Crippen molar-refractivity contribution in [2.75, 3.05) is 25.1 Å². The Morgan fingerprint density at radius 2 is 2.05 bits per heavy atom. The molecule has 0 radical (unpaired) electrons. The van der Waals surface area contributed by atoms with Crippen LogP contribution in [0.4, 0.5) is 5.69 Å². The van der Waals surface area contributed by atoms with Gasteiger partial charge in [-0.3, -0.25) is 4.79 Å². The number of carboxylic acids is 1. The topological polar surface area (TPSA) is 62.7 Å². The third-order valence-electron chi connectivity index (χ3n) is 4.32. The van der Waals surface area contributed by atoms with E-state index in [9.17, 15) is 4.79 Å². The van der Waals surface area contributed by atoms with Crippen molar-refractivity contribution in [2.24, 2.45) is 5.92 Å². The molecule has 0 bridgehead atoms. The molecule has 1 N–H and O–H groups in total. The molecule has 1 aromatic heterocycles. The van der Waals surface area contributed by atoms with E-state index in [0.717, 1.165) is 35.2 Å². The van der Waals surface area contributed by atoms with Crippen LogP contribution in [-0.4, -0.2) is 36.3 Å².